The monoisotopic (exact) mass is 443 g/mol. The highest BCUT2D eigenvalue weighted by Gasteiger charge is 2.80. The second-order valence-corrected chi connectivity index (χ2v) is 14.3. The van der Waals surface area contributed by atoms with Crippen LogP contribution in [0.25, 0.3) is 0 Å². The van der Waals surface area contributed by atoms with E-state index in [0.717, 1.165) is 25.3 Å². The fourth-order valence-electron chi connectivity index (χ4n) is 5.28. The molecule has 2 saturated heterocycles. The third-order valence-corrected chi connectivity index (χ3v) is 8.70. The summed E-state index contributed by atoms with van der Waals surface area (Å²) in [5.74, 6) is -0.781. The summed E-state index contributed by atoms with van der Waals surface area (Å²) in [5.41, 5.74) is -2.57. The lowest BCUT2D eigenvalue weighted by molar-refractivity contribution is -0.249. The fourth-order valence-corrected chi connectivity index (χ4v) is 6.51. The maximum Gasteiger partial charge on any atom is 0.339 e. The van der Waals surface area contributed by atoms with E-state index in [1.54, 1.807) is 0 Å². The normalized spacial score (nSPS) is 37.5. The Labute approximate surface area is 179 Å². The number of amides is 1. The number of esters is 1. The number of halogens is 1. The van der Waals surface area contributed by atoms with Crippen LogP contribution < -0.4 is 5.32 Å². The zero-order chi connectivity index (χ0) is 21.5. The van der Waals surface area contributed by atoms with Crippen molar-refractivity contribution in [2.24, 2.45) is 11.3 Å². The lowest BCUT2D eigenvalue weighted by atomic mass is 9.60. The molecular formula is C21H34ClNO5Si. The van der Waals surface area contributed by atoms with Crippen LogP contribution in [0.4, 0.5) is 0 Å². The lowest BCUT2D eigenvalue weighted by Crippen LogP contribution is -2.81. The predicted molar refractivity (Wildman–Crippen MR) is 114 cm³/mol. The minimum Gasteiger partial charge on any atom is -0.453 e. The molecule has 1 amide bonds. The van der Waals surface area contributed by atoms with Crippen LogP contribution in [0.15, 0.2) is 12.2 Å². The van der Waals surface area contributed by atoms with Gasteiger partial charge in [0, 0.05) is 17.9 Å². The van der Waals surface area contributed by atoms with Crippen molar-refractivity contribution in [3.63, 3.8) is 0 Å². The van der Waals surface area contributed by atoms with Crippen molar-refractivity contribution in [3.8, 4) is 0 Å². The first kappa shape index (κ1) is 22.8. The molecule has 0 aromatic heterocycles. The average molecular weight is 444 g/mol. The second kappa shape index (κ2) is 7.98. The predicted octanol–water partition coefficient (Wildman–Crippen LogP) is 3.13. The van der Waals surface area contributed by atoms with E-state index in [4.69, 9.17) is 21.1 Å². The third-order valence-electron chi connectivity index (χ3n) is 6.90. The highest BCUT2D eigenvalue weighted by Crippen LogP contribution is 2.56. The van der Waals surface area contributed by atoms with Crippen molar-refractivity contribution < 1.29 is 23.9 Å². The van der Waals surface area contributed by atoms with Gasteiger partial charge < -0.3 is 19.6 Å². The highest BCUT2D eigenvalue weighted by molar-refractivity contribution is 6.69. The van der Waals surface area contributed by atoms with Gasteiger partial charge in [0.2, 0.25) is 11.4 Å². The van der Waals surface area contributed by atoms with Crippen molar-refractivity contribution in [3.05, 3.63) is 12.2 Å². The number of hydrogen-bond acceptors (Lipinski definition) is 5. The molecule has 2 heterocycles. The molecular weight excluding hydrogens is 410 g/mol. The van der Waals surface area contributed by atoms with Gasteiger partial charge in [-0.15, -0.1) is 11.6 Å². The van der Waals surface area contributed by atoms with Crippen molar-refractivity contribution in [2.45, 2.75) is 82.3 Å². The summed E-state index contributed by atoms with van der Waals surface area (Å²) in [6.07, 6.45) is 7.77. The smallest absolute Gasteiger partial charge is 0.339 e. The fraction of sp³-hybridized carbons (Fsp3) is 0.810. The average Bonchev–Trinajstić information content (AvgIpc) is 2.79. The molecule has 1 unspecified atom stereocenters. The molecule has 3 rings (SSSR count). The summed E-state index contributed by atoms with van der Waals surface area (Å²) < 4.78 is 12.1. The number of rotatable bonds is 9. The van der Waals surface area contributed by atoms with Gasteiger partial charge in [-0.1, -0.05) is 19.1 Å². The van der Waals surface area contributed by atoms with Gasteiger partial charge in [-0.05, 0) is 58.2 Å². The van der Waals surface area contributed by atoms with E-state index >= 15 is 0 Å². The maximum absolute atomic E-state index is 12.9. The molecule has 8 heteroatoms. The Balaban J connectivity index is 1.92. The van der Waals surface area contributed by atoms with Crippen molar-refractivity contribution in [1.29, 1.82) is 0 Å². The quantitative estimate of drug-likeness (QED) is 0.188. The Kier molecular flexibility index (Phi) is 6.27. The van der Waals surface area contributed by atoms with Crippen LogP contribution in [0.5, 0.6) is 0 Å². The standard InChI is InChI=1S/C21H34ClNO5Si/c1-19(10-6-5-7-11-19)17(27-13-8-14-29(3,4)26)21-18(25)28-20(21,2)15(9-12-22)16(24)23-21/h6,10,15,17,26H,5,7-9,11-14H2,1-4H3,(H,23,24)/t15?,17-,19+,20-,21-/m0/s1. The molecule has 0 bridgehead atoms. The first-order valence-electron chi connectivity index (χ1n) is 10.6. The molecule has 0 saturated carbocycles. The molecule has 0 aromatic carbocycles. The third kappa shape index (κ3) is 3.79. The van der Waals surface area contributed by atoms with Gasteiger partial charge in [0.15, 0.2) is 13.9 Å². The molecule has 164 valence electrons. The lowest BCUT2D eigenvalue weighted by Gasteiger charge is -2.58. The largest absolute Gasteiger partial charge is 0.453 e. The summed E-state index contributed by atoms with van der Waals surface area (Å²) in [5, 5.41) is 3.00. The highest BCUT2D eigenvalue weighted by atomic mass is 35.5. The molecule has 0 spiro atoms. The van der Waals surface area contributed by atoms with E-state index in [9.17, 15) is 14.4 Å². The minimum atomic E-state index is -2.17. The Morgan fingerprint density at radius 2 is 2.14 bits per heavy atom. The van der Waals surface area contributed by atoms with E-state index in [-0.39, 0.29) is 5.91 Å². The van der Waals surface area contributed by atoms with E-state index in [1.165, 1.54) is 0 Å². The van der Waals surface area contributed by atoms with Gasteiger partial charge in [0.25, 0.3) is 0 Å². The van der Waals surface area contributed by atoms with Gasteiger partial charge in [-0.3, -0.25) is 4.79 Å². The molecule has 5 atom stereocenters. The molecule has 2 N–H and O–H groups in total. The van der Waals surface area contributed by atoms with Crippen LogP contribution >= 0.6 is 11.6 Å². The number of hydrogen-bond donors (Lipinski definition) is 2. The van der Waals surface area contributed by atoms with Gasteiger partial charge in [0.1, 0.15) is 6.10 Å². The first-order chi connectivity index (χ1) is 13.5. The number of allylic oxidation sites excluding steroid dienone is 1. The van der Waals surface area contributed by atoms with Crippen LogP contribution in [-0.4, -0.2) is 54.7 Å². The Morgan fingerprint density at radius 3 is 2.69 bits per heavy atom. The summed E-state index contributed by atoms with van der Waals surface area (Å²) in [7, 11) is -2.17. The SMILES string of the molecule is C[C@@]12OC(=O)[C@]1([C@@H](OCCC[Si](C)(C)O)[C@]1(C)C=CCCC1)NC(=O)C2CCCl. The molecule has 0 aromatic rings. The summed E-state index contributed by atoms with van der Waals surface area (Å²) >= 11 is 5.95. The number of carbonyl (C=O) groups is 2. The first-order valence-corrected chi connectivity index (χ1v) is 14.3. The number of nitrogens with one attached hydrogen (secondary N) is 1. The van der Waals surface area contributed by atoms with Crippen molar-refractivity contribution in [1.82, 2.24) is 5.32 Å². The summed E-state index contributed by atoms with van der Waals surface area (Å²) in [6, 6.07) is 0.724. The van der Waals surface area contributed by atoms with Crippen LogP contribution in [0.3, 0.4) is 0 Å². The Morgan fingerprint density at radius 1 is 1.41 bits per heavy atom. The second-order valence-electron chi connectivity index (χ2n) is 9.79. The Bertz CT molecular complexity index is 695. The molecule has 6 nitrogen and oxygen atoms in total. The van der Waals surface area contributed by atoms with Gasteiger partial charge in [0.05, 0.1) is 5.92 Å². The van der Waals surface area contributed by atoms with E-state index < -0.39 is 42.9 Å². The molecule has 3 aliphatic rings. The number of carbonyl (C=O) groups excluding carboxylic acids is 2. The summed E-state index contributed by atoms with van der Waals surface area (Å²) in [6.45, 7) is 8.16. The van der Waals surface area contributed by atoms with Gasteiger partial charge in [-0.2, -0.15) is 0 Å². The molecule has 2 aliphatic heterocycles. The van der Waals surface area contributed by atoms with Gasteiger partial charge >= 0.3 is 5.97 Å². The Hall–Kier alpha value is -0.893. The van der Waals surface area contributed by atoms with Crippen LogP contribution in [0.2, 0.25) is 19.1 Å². The number of fused-ring (bicyclic) bond motifs is 1. The van der Waals surface area contributed by atoms with Crippen LogP contribution in [0, 0.1) is 11.3 Å². The van der Waals surface area contributed by atoms with E-state index in [1.807, 2.05) is 20.0 Å². The minimum absolute atomic E-state index is 0.195. The topological polar surface area (TPSA) is 84.9 Å². The number of ether oxygens (including phenoxy) is 2. The molecule has 29 heavy (non-hydrogen) atoms. The van der Waals surface area contributed by atoms with Crippen molar-refractivity contribution >= 4 is 31.8 Å². The summed E-state index contributed by atoms with van der Waals surface area (Å²) in [4.78, 5) is 35.9. The molecule has 2 fully saturated rings. The van der Waals surface area contributed by atoms with Crippen LogP contribution in [-0.2, 0) is 19.1 Å². The van der Waals surface area contributed by atoms with E-state index in [0.29, 0.717) is 25.3 Å². The van der Waals surface area contributed by atoms with Gasteiger partial charge in [-0.25, -0.2) is 4.79 Å². The zero-order valence-corrected chi connectivity index (χ0v) is 19.7. The maximum atomic E-state index is 12.9. The van der Waals surface area contributed by atoms with E-state index in [2.05, 4.69) is 24.4 Å². The number of alkyl halides is 1. The van der Waals surface area contributed by atoms with Crippen LogP contribution in [0.1, 0.15) is 46.0 Å². The molecule has 0 radical (unpaired) electrons. The van der Waals surface area contributed by atoms with Crippen molar-refractivity contribution in [2.75, 3.05) is 12.5 Å². The molecule has 1 aliphatic carbocycles. The zero-order valence-electron chi connectivity index (χ0n) is 17.9.